The SMILES string of the molecule is [2H]c1c([2H])c([2H])c(C2(N)CCC([2H])([2H])C([2H])([2H])C2=O)c(Cl)c1[2H]. The van der Waals surface area contributed by atoms with Gasteiger partial charge in [-0.25, -0.2) is 0 Å². The average Bonchev–Trinajstić information content (AvgIpc) is 2.47. The van der Waals surface area contributed by atoms with Crippen molar-refractivity contribution < 1.29 is 15.8 Å². The van der Waals surface area contributed by atoms with Gasteiger partial charge in [-0.15, -0.1) is 0 Å². The van der Waals surface area contributed by atoms with Crippen molar-refractivity contribution in [2.45, 2.75) is 31.1 Å². The van der Waals surface area contributed by atoms with E-state index in [0.29, 0.717) is 0 Å². The molecule has 15 heavy (non-hydrogen) atoms. The third kappa shape index (κ3) is 1.80. The van der Waals surface area contributed by atoms with Crippen molar-refractivity contribution in [2.75, 3.05) is 0 Å². The molecule has 1 unspecified atom stereocenters. The molecule has 0 spiro atoms. The predicted octanol–water partition coefficient (Wildman–Crippen LogP) is 2.64. The highest BCUT2D eigenvalue weighted by Crippen LogP contribution is 2.35. The fraction of sp³-hybridized carbons (Fsp3) is 0.417. The smallest absolute Gasteiger partial charge is 0.157 e. The zero-order valence-electron chi connectivity index (χ0n) is 15.8. The maximum atomic E-state index is 12.5. The number of nitrogens with two attached hydrogens (primary N) is 1. The van der Waals surface area contributed by atoms with Crippen LogP contribution in [0.5, 0.6) is 0 Å². The van der Waals surface area contributed by atoms with Gasteiger partial charge in [0.25, 0.3) is 0 Å². The van der Waals surface area contributed by atoms with Crippen LogP contribution < -0.4 is 5.73 Å². The summed E-state index contributed by atoms with van der Waals surface area (Å²) in [7, 11) is 0. The summed E-state index contributed by atoms with van der Waals surface area (Å²) in [5, 5.41) is -0.454. The minimum absolute atomic E-state index is 0.319. The number of halogens is 1. The minimum Gasteiger partial charge on any atom is -0.315 e. The normalized spacial score (nSPS) is 41.1. The van der Waals surface area contributed by atoms with Gasteiger partial charge in [0.15, 0.2) is 5.78 Å². The molecule has 0 saturated heterocycles. The van der Waals surface area contributed by atoms with Crippen molar-refractivity contribution in [3.63, 3.8) is 0 Å². The molecule has 3 heteroatoms. The first-order valence-corrected chi connectivity index (χ1v) is 4.77. The number of Topliss-reactive ketones (excluding diaryl/α,β-unsaturated/α-hetero) is 1. The second kappa shape index (κ2) is 3.95. The molecular formula is C12H14ClNO. The van der Waals surface area contributed by atoms with Gasteiger partial charge in [0, 0.05) is 16.9 Å². The lowest BCUT2D eigenvalue weighted by Gasteiger charge is -2.32. The molecule has 1 saturated carbocycles. The molecule has 2 nitrogen and oxygen atoms in total. The highest BCUT2D eigenvalue weighted by Gasteiger charge is 2.38. The Labute approximate surface area is 106 Å². The van der Waals surface area contributed by atoms with E-state index in [1.165, 1.54) is 0 Å². The number of hydrogen-bond donors (Lipinski definition) is 1. The summed E-state index contributed by atoms with van der Waals surface area (Å²) in [5.41, 5.74) is 3.51. The van der Waals surface area contributed by atoms with Crippen LogP contribution in [0, 0.1) is 0 Å². The van der Waals surface area contributed by atoms with Crippen LogP contribution >= 0.6 is 11.6 Å². The molecule has 0 aromatic heterocycles. The van der Waals surface area contributed by atoms with E-state index in [4.69, 9.17) is 28.3 Å². The number of ketones is 1. The van der Waals surface area contributed by atoms with E-state index in [2.05, 4.69) is 0 Å². The fourth-order valence-corrected chi connectivity index (χ4v) is 1.73. The average molecular weight is 232 g/mol. The first-order valence-electron chi connectivity index (χ1n) is 8.39. The highest BCUT2D eigenvalue weighted by atomic mass is 35.5. The second-order valence-corrected chi connectivity index (χ2v) is 3.67. The number of carbonyl (C=O) groups excluding carboxylic acids is 1. The summed E-state index contributed by atoms with van der Waals surface area (Å²) in [4.78, 5) is 12.5. The van der Waals surface area contributed by atoms with E-state index in [0.717, 1.165) is 0 Å². The standard InChI is InChI=1S/C12H14ClNO/c13-10-6-2-1-5-9(10)12(14)8-4-3-7-11(12)15/h1-2,5-6H,3-4,7-8,14H2/i1D,2D,3D2,5D,6D,7D2. The van der Waals surface area contributed by atoms with Gasteiger partial charge in [0.1, 0.15) is 5.54 Å². The van der Waals surface area contributed by atoms with Crippen LogP contribution in [0.2, 0.25) is 5.02 Å². The van der Waals surface area contributed by atoms with Crippen molar-refractivity contribution in [3.8, 4) is 0 Å². The van der Waals surface area contributed by atoms with Crippen molar-refractivity contribution in [2.24, 2.45) is 5.73 Å². The Balaban J connectivity index is 2.75. The molecule has 0 heterocycles. The molecule has 2 N–H and O–H groups in total. The molecular weight excluding hydrogens is 210 g/mol. The summed E-state index contributed by atoms with van der Waals surface area (Å²) >= 11 is 5.97. The molecule has 0 amide bonds. The fourth-order valence-electron chi connectivity index (χ4n) is 1.47. The van der Waals surface area contributed by atoms with Crippen LogP contribution in [0.1, 0.15) is 42.1 Å². The lowest BCUT2D eigenvalue weighted by Crippen LogP contribution is -2.47. The van der Waals surface area contributed by atoms with Gasteiger partial charge in [0.2, 0.25) is 0 Å². The Morgan fingerprint density at radius 3 is 3.07 bits per heavy atom. The molecule has 0 aliphatic heterocycles. The van der Waals surface area contributed by atoms with Crippen LogP contribution in [0.25, 0.3) is 0 Å². The lowest BCUT2D eigenvalue weighted by molar-refractivity contribution is -0.126. The van der Waals surface area contributed by atoms with Gasteiger partial charge in [0.05, 0.1) is 5.48 Å². The summed E-state index contributed by atoms with van der Waals surface area (Å²) in [6, 6.07) is -2.42. The summed E-state index contributed by atoms with van der Waals surface area (Å²) in [6.45, 7) is 0. The van der Waals surface area contributed by atoms with Gasteiger partial charge < -0.3 is 5.73 Å². The monoisotopic (exact) mass is 231 g/mol. The van der Waals surface area contributed by atoms with E-state index in [1.54, 1.807) is 0 Å². The molecule has 1 aromatic carbocycles. The quantitative estimate of drug-likeness (QED) is 0.808. The molecule has 1 aliphatic rings. The second-order valence-electron chi connectivity index (χ2n) is 3.29. The summed E-state index contributed by atoms with van der Waals surface area (Å²) in [5.74, 6) is -1.28. The van der Waals surface area contributed by atoms with Crippen molar-refractivity contribution in [1.29, 1.82) is 0 Å². The molecule has 1 aromatic rings. The first kappa shape index (κ1) is 4.56. The maximum Gasteiger partial charge on any atom is 0.157 e. The van der Waals surface area contributed by atoms with Gasteiger partial charge in [-0.3, -0.25) is 4.79 Å². The van der Waals surface area contributed by atoms with E-state index in [9.17, 15) is 4.79 Å². The first-order chi connectivity index (χ1) is 10.3. The van der Waals surface area contributed by atoms with Gasteiger partial charge in [-0.1, -0.05) is 36.1 Å². The topological polar surface area (TPSA) is 43.1 Å². The summed E-state index contributed by atoms with van der Waals surface area (Å²) in [6.07, 6.45) is -6.04. The molecule has 2 rings (SSSR count). The zero-order valence-corrected chi connectivity index (χ0v) is 8.53. The van der Waals surface area contributed by atoms with E-state index in [1.807, 2.05) is 0 Å². The molecule has 1 atom stereocenters. The predicted molar refractivity (Wildman–Crippen MR) is 60.8 cm³/mol. The number of carbonyl (C=O) groups is 1. The van der Waals surface area contributed by atoms with Crippen LogP contribution in [-0.4, -0.2) is 5.78 Å². The Hall–Kier alpha value is -0.860. The molecule has 0 bridgehead atoms. The van der Waals surface area contributed by atoms with Crippen molar-refractivity contribution >= 4 is 17.4 Å². The van der Waals surface area contributed by atoms with Crippen LogP contribution in [0.15, 0.2) is 24.2 Å². The summed E-state index contributed by atoms with van der Waals surface area (Å²) < 4.78 is 61.7. The molecule has 1 fully saturated rings. The van der Waals surface area contributed by atoms with Gasteiger partial charge >= 0.3 is 0 Å². The maximum absolute atomic E-state index is 12.5. The van der Waals surface area contributed by atoms with Crippen molar-refractivity contribution in [3.05, 3.63) is 34.8 Å². The highest BCUT2D eigenvalue weighted by molar-refractivity contribution is 6.31. The van der Waals surface area contributed by atoms with Crippen LogP contribution in [0.3, 0.4) is 0 Å². The van der Waals surface area contributed by atoms with E-state index < -0.39 is 58.8 Å². The lowest BCUT2D eigenvalue weighted by atomic mass is 9.76. The van der Waals surface area contributed by atoms with Gasteiger partial charge in [-0.05, 0) is 24.4 Å². The van der Waals surface area contributed by atoms with Crippen LogP contribution in [-0.2, 0) is 10.3 Å². The number of hydrogen-bond acceptors (Lipinski definition) is 2. The Kier molecular flexibility index (Phi) is 1.20. The Bertz CT molecular complexity index is 678. The van der Waals surface area contributed by atoms with Gasteiger partial charge in [-0.2, -0.15) is 0 Å². The Morgan fingerprint density at radius 2 is 2.27 bits per heavy atom. The third-order valence-corrected chi connectivity index (χ3v) is 2.62. The van der Waals surface area contributed by atoms with E-state index >= 15 is 0 Å². The number of rotatable bonds is 1. The van der Waals surface area contributed by atoms with Crippen molar-refractivity contribution in [1.82, 2.24) is 0 Å². The van der Waals surface area contributed by atoms with E-state index in [-0.39, 0.29) is 12.8 Å². The molecule has 0 radical (unpaired) electrons. The third-order valence-electron chi connectivity index (χ3n) is 2.34. The molecule has 1 aliphatic carbocycles. The Morgan fingerprint density at radius 1 is 1.53 bits per heavy atom. The number of benzene rings is 1. The largest absolute Gasteiger partial charge is 0.315 e. The van der Waals surface area contributed by atoms with Crippen LogP contribution in [0.4, 0.5) is 0 Å². The zero-order chi connectivity index (χ0) is 18.0. The minimum atomic E-state index is -2.90. The molecule has 80 valence electrons.